The quantitative estimate of drug-likeness (QED) is 0.632. The molecule has 118 valence electrons. The monoisotopic (exact) mass is 374 g/mol. The minimum absolute atomic E-state index is 0.261. The van der Waals surface area contributed by atoms with E-state index in [0.717, 1.165) is 26.7 Å². The lowest BCUT2D eigenvalue weighted by atomic mass is 10.1. The van der Waals surface area contributed by atoms with E-state index in [1.54, 1.807) is 19.2 Å². The van der Waals surface area contributed by atoms with E-state index < -0.39 is 5.63 Å². The highest BCUT2D eigenvalue weighted by molar-refractivity contribution is 9.10. The van der Waals surface area contributed by atoms with Crippen LogP contribution < -0.4 is 15.1 Å². The average Bonchev–Trinajstić information content (AvgIpc) is 2.53. The molecular formula is C18H15BrO4. The Balaban J connectivity index is 1.97. The molecule has 0 spiro atoms. The van der Waals surface area contributed by atoms with Crippen molar-refractivity contribution < 1.29 is 13.9 Å². The van der Waals surface area contributed by atoms with Gasteiger partial charge in [0.1, 0.15) is 23.7 Å². The second-order valence-corrected chi connectivity index (χ2v) is 6.03. The molecule has 0 aliphatic heterocycles. The van der Waals surface area contributed by atoms with Crippen molar-refractivity contribution in [3.63, 3.8) is 0 Å². The summed E-state index contributed by atoms with van der Waals surface area (Å²) in [5.74, 6) is 1.42. The Morgan fingerprint density at radius 3 is 2.70 bits per heavy atom. The van der Waals surface area contributed by atoms with Crippen molar-refractivity contribution >= 4 is 26.9 Å². The van der Waals surface area contributed by atoms with Crippen LogP contribution in [0.25, 0.3) is 11.0 Å². The molecular weight excluding hydrogens is 360 g/mol. The fraction of sp³-hybridized carbons (Fsp3) is 0.167. The molecule has 0 fully saturated rings. The third kappa shape index (κ3) is 3.40. The van der Waals surface area contributed by atoms with Gasteiger partial charge in [0.25, 0.3) is 0 Å². The summed E-state index contributed by atoms with van der Waals surface area (Å²) >= 11 is 3.48. The fourth-order valence-electron chi connectivity index (χ4n) is 2.33. The molecule has 1 aromatic heterocycles. The van der Waals surface area contributed by atoms with E-state index in [4.69, 9.17) is 13.9 Å². The van der Waals surface area contributed by atoms with Crippen molar-refractivity contribution in [2.24, 2.45) is 0 Å². The summed E-state index contributed by atoms with van der Waals surface area (Å²) in [6.07, 6.45) is 0. The summed E-state index contributed by atoms with van der Waals surface area (Å²) in [7, 11) is 1.60. The van der Waals surface area contributed by atoms with Crippen LogP contribution in [0.3, 0.4) is 0 Å². The van der Waals surface area contributed by atoms with Crippen LogP contribution in [-0.2, 0) is 6.61 Å². The zero-order chi connectivity index (χ0) is 16.4. The molecule has 3 aromatic rings. The molecule has 0 bridgehead atoms. The predicted molar refractivity (Wildman–Crippen MR) is 92.2 cm³/mol. The van der Waals surface area contributed by atoms with E-state index in [-0.39, 0.29) is 6.61 Å². The van der Waals surface area contributed by atoms with Crippen molar-refractivity contribution in [2.45, 2.75) is 13.5 Å². The van der Waals surface area contributed by atoms with Crippen LogP contribution in [0.4, 0.5) is 0 Å². The van der Waals surface area contributed by atoms with Gasteiger partial charge in [-0.1, -0.05) is 6.07 Å². The zero-order valence-corrected chi connectivity index (χ0v) is 14.3. The predicted octanol–water partition coefficient (Wildman–Crippen LogP) is 4.45. The molecule has 0 saturated carbocycles. The third-order valence-corrected chi connectivity index (χ3v) is 4.13. The van der Waals surface area contributed by atoms with E-state index in [1.807, 2.05) is 31.2 Å². The summed E-state index contributed by atoms with van der Waals surface area (Å²) < 4.78 is 17.2. The van der Waals surface area contributed by atoms with Gasteiger partial charge in [-0.25, -0.2) is 4.79 Å². The van der Waals surface area contributed by atoms with Gasteiger partial charge in [-0.15, -0.1) is 0 Å². The number of fused-ring (bicyclic) bond motifs is 1. The summed E-state index contributed by atoms with van der Waals surface area (Å²) in [5, 5.41) is 0.798. The van der Waals surface area contributed by atoms with Gasteiger partial charge < -0.3 is 13.9 Å². The largest absolute Gasteiger partial charge is 0.497 e. The third-order valence-electron chi connectivity index (χ3n) is 3.51. The van der Waals surface area contributed by atoms with Gasteiger partial charge in [0.15, 0.2) is 0 Å². The van der Waals surface area contributed by atoms with Gasteiger partial charge in [-0.2, -0.15) is 0 Å². The Kier molecular flexibility index (Phi) is 4.39. The first-order valence-corrected chi connectivity index (χ1v) is 7.86. The minimum Gasteiger partial charge on any atom is -0.497 e. The van der Waals surface area contributed by atoms with E-state index in [1.165, 1.54) is 6.07 Å². The molecule has 0 atom stereocenters. The van der Waals surface area contributed by atoms with Crippen molar-refractivity contribution in [1.29, 1.82) is 0 Å². The Labute approximate surface area is 141 Å². The van der Waals surface area contributed by atoms with Gasteiger partial charge in [-0.3, -0.25) is 0 Å². The summed E-state index contributed by atoms with van der Waals surface area (Å²) in [6, 6.07) is 12.6. The average molecular weight is 375 g/mol. The van der Waals surface area contributed by atoms with Gasteiger partial charge in [-0.05, 0) is 58.7 Å². The highest BCUT2D eigenvalue weighted by Gasteiger charge is 2.09. The molecule has 0 unspecified atom stereocenters. The zero-order valence-electron chi connectivity index (χ0n) is 12.8. The van der Waals surface area contributed by atoms with Crippen LogP contribution >= 0.6 is 15.9 Å². The maximum atomic E-state index is 11.7. The molecule has 5 heteroatoms. The molecule has 0 amide bonds. The lowest BCUT2D eigenvalue weighted by Gasteiger charge is -2.11. The number of ether oxygens (including phenoxy) is 2. The van der Waals surface area contributed by atoms with Crippen LogP contribution in [-0.4, -0.2) is 7.11 Å². The minimum atomic E-state index is -0.399. The molecule has 3 rings (SSSR count). The summed E-state index contributed by atoms with van der Waals surface area (Å²) in [5.41, 5.74) is 2.01. The molecule has 0 aliphatic rings. The number of methoxy groups -OCH3 is 1. The molecule has 0 radical (unpaired) electrons. The number of halogens is 1. The highest BCUT2D eigenvalue weighted by atomic mass is 79.9. The Hall–Kier alpha value is -2.27. The Bertz CT molecular complexity index is 915. The molecule has 1 heterocycles. The lowest BCUT2D eigenvalue weighted by molar-refractivity contribution is 0.304. The molecule has 0 N–H and O–H groups in total. The van der Waals surface area contributed by atoms with Crippen molar-refractivity contribution in [2.75, 3.05) is 7.11 Å². The second-order valence-electron chi connectivity index (χ2n) is 5.18. The highest BCUT2D eigenvalue weighted by Crippen LogP contribution is 2.28. The molecule has 23 heavy (non-hydrogen) atoms. The first-order chi connectivity index (χ1) is 11.1. The first kappa shape index (κ1) is 15.6. The van der Waals surface area contributed by atoms with Crippen molar-refractivity contribution in [3.8, 4) is 11.5 Å². The number of benzene rings is 2. The standard InChI is InChI=1S/C18H15BrO4/c1-11-3-5-17(15(19)7-11)22-10-12-8-18(20)23-16-6-4-13(21-2)9-14(12)16/h3-9H,10H2,1-2H3. The van der Waals surface area contributed by atoms with Crippen LogP contribution in [0.2, 0.25) is 0 Å². The summed E-state index contributed by atoms with van der Waals surface area (Å²) in [4.78, 5) is 11.7. The number of hydrogen-bond acceptors (Lipinski definition) is 4. The van der Waals surface area contributed by atoms with Gasteiger partial charge in [0.2, 0.25) is 0 Å². The van der Waals surface area contributed by atoms with E-state index >= 15 is 0 Å². The normalized spacial score (nSPS) is 10.7. The lowest BCUT2D eigenvalue weighted by Crippen LogP contribution is -2.04. The van der Waals surface area contributed by atoms with Gasteiger partial charge >= 0.3 is 5.63 Å². The Morgan fingerprint density at radius 2 is 1.96 bits per heavy atom. The molecule has 2 aromatic carbocycles. The van der Waals surface area contributed by atoms with Crippen molar-refractivity contribution in [1.82, 2.24) is 0 Å². The number of rotatable bonds is 4. The van der Waals surface area contributed by atoms with E-state index in [0.29, 0.717) is 11.3 Å². The van der Waals surface area contributed by atoms with E-state index in [2.05, 4.69) is 15.9 Å². The van der Waals surface area contributed by atoms with Crippen LogP contribution in [0.15, 0.2) is 56.1 Å². The van der Waals surface area contributed by atoms with Crippen LogP contribution in [0, 0.1) is 6.92 Å². The summed E-state index contributed by atoms with van der Waals surface area (Å²) in [6.45, 7) is 2.27. The van der Waals surface area contributed by atoms with Crippen molar-refractivity contribution in [3.05, 3.63) is 68.5 Å². The molecule has 4 nitrogen and oxygen atoms in total. The van der Waals surface area contributed by atoms with E-state index in [9.17, 15) is 4.79 Å². The smallest absolute Gasteiger partial charge is 0.336 e. The SMILES string of the molecule is COc1ccc2oc(=O)cc(COc3ccc(C)cc3Br)c2c1. The maximum absolute atomic E-state index is 11.7. The topological polar surface area (TPSA) is 48.7 Å². The van der Waals surface area contributed by atoms with Gasteiger partial charge in [0, 0.05) is 17.0 Å². The maximum Gasteiger partial charge on any atom is 0.336 e. The van der Waals surface area contributed by atoms with Gasteiger partial charge in [0.05, 0.1) is 11.6 Å². The molecule has 0 saturated heterocycles. The van der Waals surface area contributed by atoms with Crippen LogP contribution in [0.1, 0.15) is 11.1 Å². The number of hydrogen-bond donors (Lipinski definition) is 0. The number of aryl methyl sites for hydroxylation is 1. The molecule has 0 aliphatic carbocycles. The fourth-order valence-corrected chi connectivity index (χ4v) is 2.94. The first-order valence-electron chi connectivity index (χ1n) is 7.06. The second kappa shape index (κ2) is 6.46. The Morgan fingerprint density at radius 1 is 1.13 bits per heavy atom. The van der Waals surface area contributed by atoms with Crippen LogP contribution in [0.5, 0.6) is 11.5 Å².